The first kappa shape index (κ1) is 13.1. The van der Waals surface area contributed by atoms with Crippen molar-refractivity contribution >= 4 is 11.3 Å². The van der Waals surface area contributed by atoms with Gasteiger partial charge in [0, 0.05) is 17.0 Å². The summed E-state index contributed by atoms with van der Waals surface area (Å²) in [5.41, 5.74) is 0. The van der Waals surface area contributed by atoms with Crippen LogP contribution in [0, 0.1) is 5.92 Å². The van der Waals surface area contributed by atoms with Gasteiger partial charge in [-0.3, -0.25) is 0 Å². The molecule has 1 fully saturated rings. The summed E-state index contributed by atoms with van der Waals surface area (Å²) >= 11 is 1.87. The smallest absolute Gasteiger partial charge is 0.0388 e. The van der Waals surface area contributed by atoms with Gasteiger partial charge in [-0.15, -0.1) is 11.3 Å². The van der Waals surface area contributed by atoms with E-state index in [1.807, 2.05) is 11.3 Å². The lowest BCUT2D eigenvalue weighted by molar-refractivity contribution is 0.402. The third kappa shape index (κ3) is 3.82. The van der Waals surface area contributed by atoms with Crippen LogP contribution >= 0.6 is 11.3 Å². The summed E-state index contributed by atoms with van der Waals surface area (Å²) in [7, 11) is 0. The predicted molar refractivity (Wildman–Crippen MR) is 76.5 cm³/mol. The van der Waals surface area contributed by atoms with E-state index in [2.05, 4.69) is 36.7 Å². The van der Waals surface area contributed by atoms with E-state index in [1.54, 1.807) is 0 Å². The highest BCUT2D eigenvalue weighted by Crippen LogP contribution is 2.27. The van der Waals surface area contributed by atoms with Crippen LogP contribution in [0.2, 0.25) is 0 Å². The van der Waals surface area contributed by atoms with Crippen LogP contribution in [0.5, 0.6) is 0 Å². The van der Waals surface area contributed by atoms with Crippen LogP contribution in [0.1, 0.15) is 63.3 Å². The number of thiophene rings is 1. The minimum Gasteiger partial charge on any atom is -0.307 e. The lowest BCUT2D eigenvalue weighted by Gasteiger charge is -2.21. The molecule has 1 saturated carbocycles. The molecule has 1 aliphatic carbocycles. The second kappa shape index (κ2) is 6.55. The highest BCUT2D eigenvalue weighted by Gasteiger charge is 2.19. The first-order valence-electron chi connectivity index (χ1n) is 7.09. The van der Waals surface area contributed by atoms with E-state index in [9.17, 15) is 0 Å². The molecule has 2 rings (SSSR count). The fraction of sp³-hybridized carbons (Fsp3) is 0.733. The van der Waals surface area contributed by atoms with E-state index in [1.165, 1.54) is 43.4 Å². The minimum atomic E-state index is 0.526. The van der Waals surface area contributed by atoms with E-state index in [4.69, 9.17) is 0 Å². The van der Waals surface area contributed by atoms with Crippen LogP contribution in [0.25, 0.3) is 0 Å². The van der Waals surface area contributed by atoms with Gasteiger partial charge in [-0.2, -0.15) is 0 Å². The average molecular weight is 251 g/mol. The molecule has 0 aromatic carbocycles. The largest absolute Gasteiger partial charge is 0.307 e. The molecule has 17 heavy (non-hydrogen) atoms. The number of hydrogen-bond acceptors (Lipinski definition) is 2. The average Bonchev–Trinajstić information content (AvgIpc) is 2.78. The van der Waals surface area contributed by atoms with Crippen LogP contribution in [0.3, 0.4) is 0 Å². The van der Waals surface area contributed by atoms with Crippen molar-refractivity contribution in [2.75, 3.05) is 0 Å². The second-order valence-corrected chi connectivity index (χ2v) is 6.36. The van der Waals surface area contributed by atoms with Gasteiger partial charge < -0.3 is 5.32 Å². The Morgan fingerprint density at radius 1 is 1.35 bits per heavy atom. The Morgan fingerprint density at radius 3 is 2.94 bits per heavy atom. The molecule has 1 aromatic rings. The van der Waals surface area contributed by atoms with Gasteiger partial charge >= 0.3 is 0 Å². The predicted octanol–water partition coefficient (Wildman–Crippen LogP) is 4.76. The summed E-state index contributed by atoms with van der Waals surface area (Å²) in [4.78, 5) is 1.47. The van der Waals surface area contributed by atoms with Gasteiger partial charge in [0.15, 0.2) is 0 Å². The maximum atomic E-state index is 3.82. The fourth-order valence-corrected chi connectivity index (χ4v) is 3.67. The second-order valence-electron chi connectivity index (χ2n) is 5.38. The quantitative estimate of drug-likeness (QED) is 0.761. The van der Waals surface area contributed by atoms with Crippen molar-refractivity contribution in [3.8, 4) is 0 Å². The van der Waals surface area contributed by atoms with Gasteiger partial charge in [0.25, 0.3) is 0 Å². The summed E-state index contributed by atoms with van der Waals surface area (Å²) in [5.74, 6) is 0.985. The van der Waals surface area contributed by atoms with Crippen molar-refractivity contribution in [3.63, 3.8) is 0 Å². The van der Waals surface area contributed by atoms with E-state index < -0.39 is 0 Å². The molecule has 0 radical (unpaired) electrons. The Hall–Kier alpha value is -0.340. The summed E-state index contributed by atoms with van der Waals surface area (Å²) in [6.45, 7) is 4.64. The van der Waals surface area contributed by atoms with Crippen LogP contribution < -0.4 is 5.32 Å². The molecular weight excluding hydrogens is 226 g/mol. The minimum absolute atomic E-state index is 0.526. The summed E-state index contributed by atoms with van der Waals surface area (Å²) in [5, 5.41) is 5.99. The van der Waals surface area contributed by atoms with Crippen molar-refractivity contribution in [3.05, 3.63) is 22.4 Å². The van der Waals surface area contributed by atoms with Gasteiger partial charge in [-0.05, 0) is 43.6 Å². The molecule has 0 amide bonds. The number of hydrogen-bond donors (Lipinski definition) is 1. The normalized spacial score (nSPS) is 27.6. The van der Waals surface area contributed by atoms with Crippen molar-refractivity contribution in [2.45, 2.75) is 64.5 Å². The Morgan fingerprint density at radius 2 is 2.24 bits per heavy atom. The molecule has 1 aliphatic rings. The molecular formula is C15H25NS. The van der Waals surface area contributed by atoms with Crippen LogP contribution in [-0.4, -0.2) is 6.04 Å². The van der Waals surface area contributed by atoms with E-state index >= 15 is 0 Å². The lowest BCUT2D eigenvalue weighted by atomic mass is 9.98. The molecule has 0 saturated heterocycles. The molecule has 2 heteroatoms. The SMILES string of the molecule is CCC1CCCC(N[C@H](C)c2cccs2)CC1. The lowest BCUT2D eigenvalue weighted by Crippen LogP contribution is -2.30. The van der Waals surface area contributed by atoms with Gasteiger partial charge in [-0.25, -0.2) is 0 Å². The summed E-state index contributed by atoms with van der Waals surface area (Å²) < 4.78 is 0. The maximum absolute atomic E-state index is 3.82. The van der Waals surface area contributed by atoms with E-state index in [-0.39, 0.29) is 0 Å². The standard InChI is InChI=1S/C15H25NS/c1-3-13-6-4-7-14(10-9-13)16-12(2)15-8-5-11-17-15/h5,8,11-14,16H,3-4,6-7,9-10H2,1-2H3/t12-,13?,14?/m1/s1. The molecule has 0 spiro atoms. The van der Waals surface area contributed by atoms with Gasteiger partial charge in [0.05, 0.1) is 0 Å². The zero-order chi connectivity index (χ0) is 12.1. The van der Waals surface area contributed by atoms with Crippen molar-refractivity contribution in [1.29, 1.82) is 0 Å². The third-order valence-corrected chi connectivity index (χ3v) is 5.18. The monoisotopic (exact) mass is 251 g/mol. The molecule has 96 valence electrons. The number of nitrogens with one attached hydrogen (secondary N) is 1. The van der Waals surface area contributed by atoms with Crippen molar-refractivity contribution < 1.29 is 0 Å². The zero-order valence-corrected chi connectivity index (χ0v) is 11.9. The van der Waals surface area contributed by atoms with Gasteiger partial charge in [0.1, 0.15) is 0 Å². The van der Waals surface area contributed by atoms with E-state index in [0.717, 1.165) is 12.0 Å². The molecule has 0 bridgehead atoms. The molecule has 0 aliphatic heterocycles. The topological polar surface area (TPSA) is 12.0 Å². The van der Waals surface area contributed by atoms with Crippen molar-refractivity contribution in [1.82, 2.24) is 5.32 Å². The fourth-order valence-electron chi connectivity index (χ4n) is 2.93. The summed E-state index contributed by atoms with van der Waals surface area (Å²) in [6, 6.07) is 5.66. The van der Waals surface area contributed by atoms with Crippen LogP contribution in [-0.2, 0) is 0 Å². The van der Waals surface area contributed by atoms with Crippen LogP contribution in [0.4, 0.5) is 0 Å². The Labute approximate surface area is 110 Å². The molecule has 2 unspecified atom stereocenters. The molecule has 3 atom stereocenters. The van der Waals surface area contributed by atoms with Gasteiger partial charge in [-0.1, -0.05) is 32.3 Å². The van der Waals surface area contributed by atoms with Crippen molar-refractivity contribution in [2.24, 2.45) is 5.92 Å². The van der Waals surface area contributed by atoms with Gasteiger partial charge in [0.2, 0.25) is 0 Å². The first-order chi connectivity index (χ1) is 8.29. The zero-order valence-electron chi connectivity index (χ0n) is 11.1. The highest BCUT2D eigenvalue weighted by atomic mass is 32.1. The highest BCUT2D eigenvalue weighted by molar-refractivity contribution is 7.10. The molecule has 1 heterocycles. The maximum Gasteiger partial charge on any atom is 0.0388 e. The number of rotatable bonds is 4. The molecule has 1 aromatic heterocycles. The molecule has 1 N–H and O–H groups in total. The van der Waals surface area contributed by atoms with E-state index in [0.29, 0.717) is 6.04 Å². The third-order valence-electron chi connectivity index (χ3n) is 4.12. The van der Waals surface area contributed by atoms with Crippen LogP contribution in [0.15, 0.2) is 17.5 Å². The molecule has 1 nitrogen and oxygen atoms in total. The first-order valence-corrected chi connectivity index (χ1v) is 7.97. The Bertz CT molecular complexity index is 307. The summed E-state index contributed by atoms with van der Waals surface area (Å²) in [6.07, 6.45) is 8.38. The Balaban J connectivity index is 1.82. The Kier molecular flexibility index (Phi) is 5.05.